The Labute approximate surface area is 128 Å². The lowest BCUT2D eigenvalue weighted by Gasteiger charge is -2.13. The summed E-state index contributed by atoms with van der Waals surface area (Å²) in [6.45, 7) is 0.300. The van der Waals surface area contributed by atoms with Gasteiger partial charge >= 0.3 is 0 Å². The van der Waals surface area contributed by atoms with Crippen LogP contribution < -0.4 is 10.5 Å². The van der Waals surface area contributed by atoms with Gasteiger partial charge in [-0.1, -0.05) is 29.8 Å². The first-order valence-corrected chi connectivity index (χ1v) is 7.95. The van der Waals surface area contributed by atoms with Crippen LogP contribution in [0, 0.1) is 0 Å². The summed E-state index contributed by atoms with van der Waals surface area (Å²) in [7, 11) is -2.25. The lowest BCUT2D eigenvalue weighted by atomic mass is 10.2. The van der Waals surface area contributed by atoms with Gasteiger partial charge in [-0.2, -0.15) is 0 Å². The zero-order valence-corrected chi connectivity index (χ0v) is 12.9. The molecule has 0 fully saturated rings. The predicted molar refractivity (Wildman–Crippen MR) is 83.8 cm³/mol. The van der Waals surface area contributed by atoms with Gasteiger partial charge in [0.2, 0.25) is 0 Å². The van der Waals surface area contributed by atoms with Gasteiger partial charge in [-0.15, -0.1) is 0 Å². The molecule has 0 heterocycles. The number of rotatable bonds is 5. The molecule has 21 heavy (non-hydrogen) atoms. The fourth-order valence-corrected chi connectivity index (χ4v) is 3.49. The van der Waals surface area contributed by atoms with Crippen molar-refractivity contribution in [3.63, 3.8) is 0 Å². The lowest BCUT2D eigenvalue weighted by Crippen LogP contribution is -2.15. The van der Waals surface area contributed by atoms with Gasteiger partial charge in [-0.3, -0.25) is 4.72 Å². The number of anilines is 2. The molecule has 0 bridgehead atoms. The van der Waals surface area contributed by atoms with Gasteiger partial charge in [0.1, 0.15) is 4.90 Å². The second-order valence-corrected chi connectivity index (χ2v) is 6.44. The van der Waals surface area contributed by atoms with Gasteiger partial charge in [-0.05, 0) is 24.3 Å². The highest BCUT2D eigenvalue weighted by molar-refractivity contribution is 7.92. The highest BCUT2D eigenvalue weighted by atomic mass is 35.5. The van der Waals surface area contributed by atoms with Crippen molar-refractivity contribution in [3.05, 3.63) is 53.1 Å². The molecule has 0 saturated heterocycles. The maximum absolute atomic E-state index is 12.4. The fourth-order valence-electron chi connectivity index (χ4n) is 1.84. The van der Waals surface area contributed by atoms with E-state index in [1.807, 2.05) is 6.07 Å². The molecule has 0 aromatic heterocycles. The molecule has 0 spiro atoms. The van der Waals surface area contributed by atoms with E-state index < -0.39 is 10.0 Å². The molecule has 5 nitrogen and oxygen atoms in total. The normalized spacial score (nSPS) is 11.3. The van der Waals surface area contributed by atoms with Gasteiger partial charge in [0.15, 0.2) is 0 Å². The summed E-state index contributed by atoms with van der Waals surface area (Å²) in [5.41, 5.74) is 7.16. The maximum Gasteiger partial charge on any atom is 0.263 e. The number of hydrogen-bond donors (Lipinski definition) is 2. The summed E-state index contributed by atoms with van der Waals surface area (Å²) in [6.07, 6.45) is 0. The van der Waals surface area contributed by atoms with Crippen molar-refractivity contribution in [1.29, 1.82) is 0 Å². The predicted octanol–water partition coefficient (Wildman–Crippen LogP) is 2.87. The second-order valence-electron chi connectivity index (χ2n) is 4.39. The fraction of sp³-hybridized carbons (Fsp3) is 0.143. The van der Waals surface area contributed by atoms with E-state index in [9.17, 15) is 8.42 Å². The summed E-state index contributed by atoms with van der Waals surface area (Å²) in [5.74, 6) is 0. The molecule has 2 aromatic rings. The van der Waals surface area contributed by atoms with Crippen LogP contribution in [0.4, 0.5) is 11.4 Å². The Kier molecular flexibility index (Phi) is 4.72. The van der Waals surface area contributed by atoms with Crippen LogP contribution in [0.1, 0.15) is 5.56 Å². The van der Waals surface area contributed by atoms with Crippen LogP contribution in [-0.4, -0.2) is 15.5 Å². The molecular weight excluding hydrogens is 312 g/mol. The van der Waals surface area contributed by atoms with Crippen LogP contribution >= 0.6 is 11.6 Å². The maximum atomic E-state index is 12.4. The minimum absolute atomic E-state index is 0.0226. The van der Waals surface area contributed by atoms with E-state index in [1.165, 1.54) is 18.2 Å². The van der Waals surface area contributed by atoms with Crippen molar-refractivity contribution in [2.24, 2.45) is 0 Å². The number of nitrogens with two attached hydrogens (primary N) is 1. The van der Waals surface area contributed by atoms with Crippen LogP contribution in [0.5, 0.6) is 0 Å². The van der Waals surface area contributed by atoms with E-state index >= 15 is 0 Å². The molecule has 0 aliphatic heterocycles. The van der Waals surface area contributed by atoms with Gasteiger partial charge in [0.25, 0.3) is 10.0 Å². The summed E-state index contributed by atoms with van der Waals surface area (Å²) < 4.78 is 32.4. The highest BCUT2D eigenvalue weighted by Crippen LogP contribution is 2.27. The number of benzene rings is 2. The summed E-state index contributed by atoms with van der Waals surface area (Å²) in [6, 6.07) is 11.3. The number of methoxy groups -OCH3 is 1. The molecular formula is C14H15ClN2O3S. The van der Waals surface area contributed by atoms with E-state index in [0.29, 0.717) is 18.0 Å². The lowest BCUT2D eigenvalue weighted by molar-refractivity contribution is 0.185. The first-order chi connectivity index (χ1) is 9.94. The molecule has 7 heteroatoms. The van der Waals surface area contributed by atoms with E-state index in [0.717, 1.165) is 5.56 Å². The Morgan fingerprint density at radius 2 is 1.95 bits per heavy atom. The number of ether oxygens (including phenoxy) is 1. The molecule has 112 valence electrons. The number of halogens is 1. The molecule has 0 aliphatic carbocycles. The number of nitrogen functional groups attached to an aromatic ring is 1. The van der Waals surface area contributed by atoms with E-state index in [4.69, 9.17) is 22.1 Å². The highest BCUT2D eigenvalue weighted by Gasteiger charge is 2.19. The van der Waals surface area contributed by atoms with Gasteiger partial charge in [0, 0.05) is 18.4 Å². The number of nitrogens with one attached hydrogen (secondary N) is 1. The molecule has 2 rings (SSSR count). The van der Waals surface area contributed by atoms with E-state index in [2.05, 4.69) is 4.72 Å². The number of para-hydroxylation sites is 1. The van der Waals surface area contributed by atoms with Crippen LogP contribution in [0.3, 0.4) is 0 Å². The summed E-state index contributed by atoms with van der Waals surface area (Å²) in [5, 5.41) is 0.0757. The molecule has 0 unspecified atom stereocenters. The standard InChI is InChI=1S/C14H15ClN2O3S/c1-20-9-10-4-2-3-5-13(10)17-21(18,19)14-7-6-11(16)8-12(14)15/h2-8,17H,9,16H2,1H3. The Balaban J connectivity index is 2.38. The van der Waals surface area contributed by atoms with Crippen LogP contribution in [0.15, 0.2) is 47.4 Å². The van der Waals surface area contributed by atoms with Crippen molar-refractivity contribution in [1.82, 2.24) is 0 Å². The number of sulfonamides is 1. The monoisotopic (exact) mass is 326 g/mol. The van der Waals surface area contributed by atoms with Crippen molar-refractivity contribution in [2.45, 2.75) is 11.5 Å². The van der Waals surface area contributed by atoms with Crippen LogP contribution in [-0.2, 0) is 21.4 Å². The zero-order chi connectivity index (χ0) is 15.5. The Morgan fingerprint density at radius 3 is 2.62 bits per heavy atom. The number of hydrogen-bond acceptors (Lipinski definition) is 4. The largest absolute Gasteiger partial charge is 0.399 e. The van der Waals surface area contributed by atoms with Crippen molar-refractivity contribution < 1.29 is 13.2 Å². The van der Waals surface area contributed by atoms with Crippen molar-refractivity contribution in [2.75, 3.05) is 17.6 Å². The van der Waals surface area contributed by atoms with Gasteiger partial charge in [-0.25, -0.2) is 8.42 Å². The Morgan fingerprint density at radius 1 is 1.24 bits per heavy atom. The minimum atomic E-state index is -3.79. The van der Waals surface area contributed by atoms with E-state index in [1.54, 1.807) is 25.3 Å². The first kappa shape index (κ1) is 15.6. The zero-order valence-electron chi connectivity index (χ0n) is 11.3. The molecule has 0 saturated carbocycles. The Bertz CT molecular complexity index is 748. The third kappa shape index (κ3) is 3.66. The smallest absolute Gasteiger partial charge is 0.263 e. The van der Waals surface area contributed by atoms with Gasteiger partial charge in [0.05, 0.1) is 17.3 Å². The molecule has 2 aromatic carbocycles. The minimum Gasteiger partial charge on any atom is -0.399 e. The van der Waals surface area contributed by atoms with Crippen LogP contribution in [0.25, 0.3) is 0 Å². The average Bonchev–Trinajstić information content (AvgIpc) is 2.40. The first-order valence-electron chi connectivity index (χ1n) is 6.09. The van der Waals surface area contributed by atoms with Gasteiger partial charge < -0.3 is 10.5 Å². The van der Waals surface area contributed by atoms with E-state index in [-0.39, 0.29) is 9.92 Å². The molecule has 0 aliphatic rings. The Hall–Kier alpha value is -1.76. The molecule has 0 radical (unpaired) electrons. The second kappa shape index (κ2) is 6.34. The molecule has 0 amide bonds. The third-order valence-electron chi connectivity index (χ3n) is 2.81. The summed E-state index contributed by atoms with van der Waals surface area (Å²) in [4.78, 5) is -0.0226. The molecule has 3 N–H and O–H groups in total. The quantitative estimate of drug-likeness (QED) is 0.828. The third-order valence-corrected chi connectivity index (χ3v) is 4.66. The molecule has 0 atom stereocenters. The van der Waals surface area contributed by atoms with Crippen molar-refractivity contribution in [3.8, 4) is 0 Å². The van der Waals surface area contributed by atoms with Crippen molar-refractivity contribution >= 4 is 33.0 Å². The average molecular weight is 327 g/mol. The summed E-state index contributed by atoms with van der Waals surface area (Å²) >= 11 is 5.96. The topological polar surface area (TPSA) is 81.4 Å². The van der Waals surface area contributed by atoms with Crippen LogP contribution in [0.2, 0.25) is 5.02 Å². The SMILES string of the molecule is COCc1ccccc1NS(=O)(=O)c1ccc(N)cc1Cl.